The predicted molar refractivity (Wildman–Crippen MR) is 48.9 cm³/mol. The summed E-state index contributed by atoms with van der Waals surface area (Å²) in [5.74, 6) is 3.15. The van der Waals surface area contributed by atoms with Gasteiger partial charge in [-0.2, -0.15) is 0 Å². The largest absolute Gasteiger partial charge is 0.130 e. The Hall–Kier alpha value is 0.0669. The SMILES string of the molecule is C[Si](C)(C)C#CC1(Cl)CC1. The topological polar surface area (TPSA) is 0 Å². The zero-order chi connectivity index (χ0) is 7.83. The first-order chi connectivity index (χ1) is 4.41. The second-order valence-corrected chi connectivity index (χ2v) is 9.44. The minimum Gasteiger partial charge on any atom is -0.130 e. The summed E-state index contributed by atoms with van der Waals surface area (Å²) in [6.45, 7) is 6.72. The molecule has 0 N–H and O–H groups in total. The van der Waals surface area contributed by atoms with E-state index in [1.807, 2.05) is 0 Å². The van der Waals surface area contributed by atoms with Crippen LogP contribution in [-0.2, 0) is 0 Å². The second-order valence-electron chi connectivity index (χ2n) is 3.97. The molecule has 0 aromatic carbocycles. The van der Waals surface area contributed by atoms with Gasteiger partial charge in [0.25, 0.3) is 0 Å². The predicted octanol–water partition coefficient (Wildman–Crippen LogP) is 2.64. The first-order valence-corrected chi connectivity index (χ1v) is 7.52. The third-order valence-electron chi connectivity index (χ3n) is 1.35. The fourth-order valence-corrected chi connectivity index (χ4v) is 1.37. The number of alkyl halides is 1. The van der Waals surface area contributed by atoms with E-state index in [0.29, 0.717) is 0 Å². The molecule has 0 atom stereocenters. The summed E-state index contributed by atoms with van der Waals surface area (Å²) < 4.78 is 0. The van der Waals surface area contributed by atoms with Gasteiger partial charge < -0.3 is 0 Å². The van der Waals surface area contributed by atoms with E-state index in [0.717, 1.165) is 12.8 Å². The van der Waals surface area contributed by atoms with Crippen LogP contribution in [0.2, 0.25) is 19.6 Å². The highest BCUT2D eigenvalue weighted by atomic mass is 35.5. The molecular weight excluding hydrogens is 160 g/mol. The molecule has 0 unspecified atom stereocenters. The standard InChI is InChI=1S/C8H13ClSi/c1-10(2,3)7-6-8(9)4-5-8/h4-5H2,1-3H3. The van der Waals surface area contributed by atoms with Gasteiger partial charge in [-0.3, -0.25) is 0 Å². The van der Waals surface area contributed by atoms with Crippen molar-refractivity contribution in [2.75, 3.05) is 0 Å². The highest BCUT2D eigenvalue weighted by Crippen LogP contribution is 2.41. The zero-order valence-electron chi connectivity index (χ0n) is 6.79. The molecule has 0 aliphatic heterocycles. The lowest BCUT2D eigenvalue weighted by molar-refractivity contribution is 1.23. The third-order valence-corrected chi connectivity index (χ3v) is 2.70. The Morgan fingerprint density at radius 2 is 1.80 bits per heavy atom. The molecule has 1 aliphatic carbocycles. The first-order valence-electron chi connectivity index (χ1n) is 3.65. The summed E-state index contributed by atoms with van der Waals surface area (Å²) in [5, 5.41) is 0. The van der Waals surface area contributed by atoms with Gasteiger partial charge in [0.2, 0.25) is 0 Å². The van der Waals surface area contributed by atoms with Crippen LogP contribution >= 0.6 is 11.6 Å². The molecule has 1 aliphatic rings. The van der Waals surface area contributed by atoms with Gasteiger partial charge >= 0.3 is 0 Å². The summed E-state index contributed by atoms with van der Waals surface area (Å²) in [6, 6.07) is 0. The van der Waals surface area contributed by atoms with Crippen LogP contribution in [0.5, 0.6) is 0 Å². The molecule has 0 amide bonds. The smallest absolute Gasteiger partial charge is 0.129 e. The van der Waals surface area contributed by atoms with Crippen molar-refractivity contribution in [1.82, 2.24) is 0 Å². The number of halogens is 1. The fourth-order valence-electron chi connectivity index (χ4n) is 0.534. The average molecular weight is 173 g/mol. The molecule has 0 nitrogen and oxygen atoms in total. The lowest BCUT2D eigenvalue weighted by Crippen LogP contribution is -2.17. The van der Waals surface area contributed by atoms with Gasteiger partial charge in [-0.05, 0) is 12.8 Å². The first kappa shape index (κ1) is 8.17. The van der Waals surface area contributed by atoms with Crippen LogP contribution in [0, 0.1) is 11.5 Å². The Morgan fingerprint density at radius 3 is 2.10 bits per heavy atom. The Kier molecular flexibility index (Phi) is 1.87. The minimum atomic E-state index is -1.17. The highest BCUT2D eigenvalue weighted by molar-refractivity contribution is 6.83. The van der Waals surface area contributed by atoms with Crippen LogP contribution in [0.25, 0.3) is 0 Å². The molecule has 0 radical (unpaired) electrons. The third kappa shape index (κ3) is 2.77. The van der Waals surface area contributed by atoms with E-state index in [2.05, 4.69) is 31.1 Å². The molecule has 1 rings (SSSR count). The van der Waals surface area contributed by atoms with Crippen LogP contribution in [0.4, 0.5) is 0 Å². The van der Waals surface area contributed by atoms with Gasteiger partial charge in [0, 0.05) is 0 Å². The van der Waals surface area contributed by atoms with Crippen molar-refractivity contribution in [2.45, 2.75) is 37.4 Å². The lowest BCUT2D eigenvalue weighted by Gasteiger charge is -2.04. The molecule has 0 aromatic rings. The summed E-state index contributed by atoms with van der Waals surface area (Å²) in [6.07, 6.45) is 2.18. The van der Waals surface area contributed by atoms with Crippen LogP contribution in [0.15, 0.2) is 0 Å². The van der Waals surface area contributed by atoms with E-state index in [4.69, 9.17) is 11.6 Å². The molecular formula is C8H13ClSi. The van der Waals surface area contributed by atoms with E-state index in [1.165, 1.54) is 0 Å². The van der Waals surface area contributed by atoms with Crippen molar-refractivity contribution in [3.8, 4) is 11.5 Å². The van der Waals surface area contributed by atoms with Crippen molar-refractivity contribution in [1.29, 1.82) is 0 Å². The number of hydrogen-bond donors (Lipinski definition) is 0. The van der Waals surface area contributed by atoms with Crippen LogP contribution < -0.4 is 0 Å². The van der Waals surface area contributed by atoms with Gasteiger partial charge in [0.15, 0.2) is 0 Å². The molecule has 0 spiro atoms. The van der Waals surface area contributed by atoms with Crippen LogP contribution in [0.1, 0.15) is 12.8 Å². The molecule has 2 heteroatoms. The van der Waals surface area contributed by atoms with Crippen molar-refractivity contribution in [3.63, 3.8) is 0 Å². The number of rotatable bonds is 0. The Morgan fingerprint density at radius 1 is 1.30 bits per heavy atom. The summed E-state index contributed by atoms with van der Waals surface area (Å²) in [7, 11) is -1.17. The summed E-state index contributed by atoms with van der Waals surface area (Å²) >= 11 is 6.00. The van der Waals surface area contributed by atoms with Crippen molar-refractivity contribution in [3.05, 3.63) is 0 Å². The maximum atomic E-state index is 6.00. The molecule has 0 bridgehead atoms. The van der Waals surface area contributed by atoms with Crippen molar-refractivity contribution >= 4 is 19.7 Å². The zero-order valence-corrected chi connectivity index (χ0v) is 8.55. The van der Waals surface area contributed by atoms with E-state index >= 15 is 0 Å². The fraction of sp³-hybridized carbons (Fsp3) is 0.750. The number of hydrogen-bond acceptors (Lipinski definition) is 0. The Labute approximate surface area is 69.0 Å². The normalized spacial score (nSPS) is 21.2. The van der Waals surface area contributed by atoms with Crippen molar-refractivity contribution < 1.29 is 0 Å². The average Bonchev–Trinajstić information content (AvgIpc) is 2.43. The summed E-state index contributed by atoms with van der Waals surface area (Å²) in [4.78, 5) is -0.0969. The molecule has 0 saturated heterocycles. The lowest BCUT2D eigenvalue weighted by atomic mass is 10.4. The van der Waals surface area contributed by atoms with Gasteiger partial charge in [0.05, 0.1) is 0 Å². The summed E-state index contributed by atoms with van der Waals surface area (Å²) in [5.41, 5.74) is 3.28. The highest BCUT2D eigenvalue weighted by Gasteiger charge is 2.38. The monoisotopic (exact) mass is 172 g/mol. The maximum absolute atomic E-state index is 6.00. The molecule has 0 aromatic heterocycles. The van der Waals surface area contributed by atoms with Crippen molar-refractivity contribution in [2.24, 2.45) is 0 Å². The van der Waals surface area contributed by atoms with E-state index in [9.17, 15) is 0 Å². The molecule has 1 saturated carbocycles. The van der Waals surface area contributed by atoms with Crippen LogP contribution in [0.3, 0.4) is 0 Å². The quantitative estimate of drug-likeness (QED) is 0.300. The Bertz CT molecular complexity index is 178. The van der Waals surface area contributed by atoms with E-state index < -0.39 is 8.07 Å². The molecule has 56 valence electrons. The van der Waals surface area contributed by atoms with E-state index in [1.54, 1.807) is 0 Å². The van der Waals surface area contributed by atoms with Gasteiger partial charge in [0.1, 0.15) is 12.9 Å². The van der Waals surface area contributed by atoms with E-state index in [-0.39, 0.29) is 4.87 Å². The molecule has 10 heavy (non-hydrogen) atoms. The van der Waals surface area contributed by atoms with Gasteiger partial charge in [-0.15, -0.1) is 17.1 Å². The minimum absolute atomic E-state index is 0.0969. The van der Waals surface area contributed by atoms with Crippen LogP contribution in [-0.4, -0.2) is 12.9 Å². The molecule has 1 fully saturated rings. The van der Waals surface area contributed by atoms with Gasteiger partial charge in [-0.1, -0.05) is 25.6 Å². The van der Waals surface area contributed by atoms with Gasteiger partial charge in [-0.25, -0.2) is 0 Å². The molecule has 0 heterocycles. The second kappa shape index (κ2) is 2.29. The maximum Gasteiger partial charge on any atom is 0.129 e. The Balaban J connectivity index is 2.54.